The first-order valence-electron chi connectivity index (χ1n) is 18.7. The third-order valence-corrected chi connectivity index (χ3v) is 10.0. The highest BCUT2D eigenvalue weighted by Crippen LogP contribution is 2.28. The maximum absolute atomic E-state index is 14.4. The number of likely N-dealkylation sites (tertiary alicyclic amines) is 1. The molecule has 0 radical (unpaired) electrons. The number of carbonyl (C=O) groups excluding carboxylic acids is 6. The van der Waals surface area contributed by atoms with Gasteiger partial charge in [-0.05, 0) is 74.5 Å². The summed E-state index contributed by atoms with van der Waals surface area (Å²) in [4.78, 5) is 87.7. The van der Waals surface area contributed by atoms with Crippen molar-refractivity contribution >= 4 is 47.1 Å². The van der Waals surface area contributed by atoms with E-state index in [2.05, 4.69) is 20.9 Å². The highest BCUT2D eigenvalue weighted by molar-refractivity contribution is 5.96. The lowest BCUT2D eigenvalue weighted by atomic mass is 9.83. The van der Waals surface area contributed by atoms with E-state index in [0.29, 0.717) is 50.8 Å². The largest absolute Gasteiger partial charge is 0.399 e. The summed E-state index contributed by atoms with van der Waals surface area (Å²) in [6.07, 6.45) is 6.13. The third kappa shape index (κ3) is 12.9. The quantitative estimate of drug-likeness (QED) is 0.0471. The fraction of sp³-hybridized carbons (Fsp3) is 0.649. The summed E-state index contributed by atoms with van der Waals surface area (Å²) in [7, 11) is 1.52. The first-order chi connectivity index (χ1) is 25.1. The Labute approximate surface area is 312 Å². The number of nitrogen functional groups attached to an aromatic ring is 1. The number of nitrogens with two attached hydrogens (primary N) is 4. The van der Waals surface area contributed by atoms with Gasteiger partial charge in [0.2, 0.25) is 35.4 Å². The number of anilines is 1. The zero-order valence-electron chi connectivity index (χ0n) is 31.6. The van der Waals surface area contributed by atoms with Crippen LogP contribution in [0, 0.1) is 11.8 Å². The number of hydrogen-bond donors (Lipinski definition) is 7. The minimum atomic E-state index is -1.10. The number of nitrogens with one attached hydrogen (secondary N) is 3. The van der Waals surface area contributed by atoms with Crippen LogP contribution >= 0.6 is 0 Å². The molecule has 0 unspecified atom stereocenters. The fourth-order valence-corrected chi connectivity index (χ4v) is 7.27. The second-order valence-electron chi connectivity index (χ2n) is 14.8. The number of primary amides is 1. The second-order valence-corrected chi connectivity index (χ2v) is 14.8. The SMILES string of the molecule is CC(=O)N[C@@H](Cc1ccc(N)cc1)C(=O)N[C@H](C(=O)N[C@@H](CCCN=C(N)N)C(=O)N(C)[C@@H](CC(C)C)C(=O)N1CCC[C@H]1C(N)=O)C1CCCCC1. The number of carbonyl (C=O) groups is 6. The van der Waals surface area contributed by atoms with E-state index in [0.717, 1.165) is 24.8 Å². The molecule has 0 spiro atoms. The number of guanidine groups is 1. The van der Waals surface area contributed by atoms with Crippen molar-refractivity contribution in [3.05, 3.63) is 29.8 Å². The van der Waals surface area contributed by atoms with E-state index in [-0.39, 0.29) is 43.1 Å². The molecule has 11 N–H and O–H groups in total. The molecule has 2 fully saturated rings. The van der Waals surface area contributed by atoms with Crippen LogP contribution < -0.4 is 38.9 Å². The van der Waals surface area contributed by atoms with Gasteiger partial charge in [0.05, 0.1) is 0 Å². The van der Waals surface area contributed by atoms with E-state index in [9.17, 15) is 28.8 Å². The van der Waals surface area contributed by atoms with Crippen LogP contribution in [0.25, 0.3) is 0 Å². The number of hydrogen-bond acceptors (Lipinski definition) is 8. The Bertz CT molecular complexity index is 1460. The Morgan fingerprint density at radius 1 is 0.887 bits per heavy atom. The average molecular weight is 741 g/mol. The minimum absolute atomic E-state index is 0.0134. The molecular weight excluding hydrogens is 680 g/mol. The van der Waals surface area contributed by atoms with Crippen molar-refractivity contribution in [2.24, 2.45) is 34.0 Å². The maximum Gasteiger partial charge on any atom is 0.246 e. The number of benzene rings is 1. The smallest absolute Gasteiger partial charge is 0.246 e. The van der Waals surface area contributed by atoms with Crippen LogP contribution in [0.15, 0.2) is 29.3 Å². The lowest BCUT2D eigenvalue weighted by Gasteiger charge is -2.36. The van der Waals surface area contributed by atoms with Gasteiger partial charge < -0.3 is 48.7 Å². The number of amides is 6. The molecule has 294 valence electrons. The molecule has 3 rings (SSSR count). The summed E-state index contributed by atoms with van der Waals surface area (Å²) in [5, 5.41) is 8.54. The Morgan fingerprint density at radius 3 is 2.13 bits per heavy atom. The molecule has 0 bridgehead atoms. The summed E-state index contributed by atoms with van der Waals surface area (Å²) in [5.74, 6) is -3.28. The number of rotatable bonds is 18. The lowest BCUT2D eigenvalue weighted by molar-refractivity contribution is -0.149. The van der Waals surface area contributed by atoms with Crippen LogP contribution in [0.4, 0.5) is 5.69 Å². The van der Waals surface area contributed by atoms with E-state index >= 15 is 0 Å². The van der Waals surface area contributed by atoms with Gasteiger partial charge in [0, 0.05) is 39.2 Å². The normalized spacial score (nSPS) is 18.3. The molecule has 1 aromatic rings. The molecule has 16 nitrogen and oxygen atoms in total. The monoisotopic (exact) mass is 740 g/mol. The van der Waals surface area contributed by atoms with Crippen molar-refractivity contribution in [3.8, 4) is 0 Å². The van der Waals surface area contributed by atoms with Gasteiger partial charge in [0.15, 0.2) is 5.96 Å². The summed E-state index contributed by atoms with van der Waals surface area (Å²) in [6, 6.07) is 2.21. The molecule has 0 aromatic heterocycles. The Balaban J connectivity index is 1.91. The van der Waals surface area contributed by atoms with Gasteiger partial charge in [0.25, 0.3) is 0 Å². The van der Waals surface area contributed by atoms with Gasteiger partial charge in [-0.1, -0.05) is 45.2 Å². The van der Waals surface area contributed by atoms with Crippen LogP contribution in [0.3, 0.4) is 0 Å². The summed E-state index contributed by atoms with van der Waals surface area (Å²) >= 11 is 0. The molecule has 1 saturated carbocycles. The number of nitrogens with zero attached hydrogens (tertiary/aromatic N) is 3. The van der Waals surface area contributed by atoms with Gasteiger partial charge in [-0.15, -0.1) is 0 Å². The summed E-state index contributed by atoms with van der Waals surface area (Å²) < 4.78 is 0. The summed E-state index contributed by atoms with van der Waals surface area (Å²) in [5.41, 5.74) is 23.8. The molecular formula is C37H60N10O6. The van der Waals surface area contributed by atoms with Crippen molar-refractivity contribution in [1.82, 2.24) is 25.8 Å². The first kappa shape index (κ1) is 42.5. The van der Waals surface area contributed by atoms with Gasteiger partial charge in [0.1, 0.15) is 30.2 Å². The Hall–Kier alpha value is -4.89. The molecule has 1 aliphatic heterocycles. The summed E-state index contributed by atoms with van der Waals surface area (Å²) in [6.45, 7) is 5.73. The van der Waals surface area contributed by atoms with Crippen molar-refractivity contribution in [2.45, 2.75) is 122 Å². The van der Waals surface area contributed by atoms with E-state index in [1.165, 1.54) is 23.8 Å². The van der Waals surface area contributed by atoms with Crippen LogP contribution in [0.5, 0.6) is 0 Å². The first-order valence-corrected chi connectivity index (χ1v) is 18.7. The number of likely N-dealkylation sites (N-methyl/N-ethyl adjacent to an activating group) is 1. The Morgan fingerprint density at radius 2 is 1.55 bits per heavy atom. The van der Waals surface area contributed by atoms with Gasteiger partial charge in [-0.25, -0.2) is 0 Å². The minimum Gasteiger partial charge on any atom is -0.399 e. The molecule has 5 atom stereocenters. The van der Waals surface area contributed by atoms with E-state index < -0.39 is 59.7 Å². The topological polar surface area (TPSA) is 261 Å². The Kier molecular flexibility index (Phi) is 16.3. The highest BCUT2D eigenvalue weighted by Gasteiger charge is 2.41. The predicted molar refractivity (Wildman–Crippen MR) is 202 cm³/mol. The van der Waals surface area contributed by atoms with Crippen LogP contribution in [-0.2, 0) is 35.2 Å². The third-order valence-electron chi connectivity index (χ3n) is 10.0. The molecule has 53 heavy (non-hydrogen) atoms. The zero-order chi connectivity index (χ0) is 39.2. The molecule has 2 aliphatic rings. The van der Waals surface area contributed by atoms with Crippen LogP contribution in [0.1, 0.15) is 90.5 Å². The van der Waals surface area contributed by atoms with E-state index in [4.69, 9.17) is 22.9 Å². The molecule has 6 amide bonds. The molecule has 1 aromatic carbocycles. The van der Waals surface area contributed by atoms with Crippen molar-refractivity contribution in [2.75, 3.05) is 25.9 Å². The average Bonchev–Trinajstić information content (AvgIpc) is 3.61. The van der Waals surface area contributed by atoms with Gasteiger partial charge in [-0.2, -0.15) is 0 Å². The van der Waals surface area contributed by atoms with E-state index in [1.54, 1.807) is 24.3 Å². The lowest BCUT2D eigenvalue weighted by Crippen LogP contribution is -2.60. The standard InChI is InChI=1S/C37H60N10O6/c1-22(2)20-30(36(53)47-19-9-13-29(47)32(39)49)46(4)35(52)27(12-8-18-42-37(40)41)44-34(51)31(25-10-6-5-7-11-25)45-33(50)28(43-23(3)48)21-24-14-16-26(38)17-15-24/h14-17,22,25,27-31H,5-13,18-21,38H2,1-4H3,(H2,39,49)(H,43,48)(H,44,51)(H,45,50)(H4,40,41,42)/t27-,28-,29-,30-,31-/m0/s1. The maximum atomic E-state index is 14.4. The molecule has 1 heterocycles. The van der Waals surface area contributed by atoms with Crippen molar-refractivity contribution in [3.63, 3.8) is 0 Å². The van der Waals surface area contributed by atoms with Crippen LogP contribution in [0.2, 0.25) is 0 Å². The van der Waals surface area contributed by atoms with Crippen molar-refractivity contribution < 1.29 is 28.8 Å². The zero-order valence-corrected chi connectivity index (χ0v) is 31.6. The molecule has 1 aliphatic carbocycles. The highest BCUT2D eigenvalue weighted by atomic mass is 16.2. The number of aliphatic imine (C=N–C) groups is 1. The van der Waals surface area contributed by atoms with Crippen LogP contribution in [-0.4, -0.2) is 102 Å². The van der Waals surface area contributed by atoms with Crippen molar-refractivity contribution in [1.29, 1.82) is 0 Å². The second kappa shape index (κ2) is 20.4. The predicted octanol–water partition coefficient (Wildman–Crippen LogP) is 0.269. The van der Waals surface area contributed by atoms with Gasteiger partial charge >= 0.3 is 0 Å². The van der Waals surface area contributed by atoms with E-state index in [1.807, 2.05) is 13.8 Å². The van der Waals surface area contributed by atoms with Gasteiger partial charge in [-0.3, -0.25) is 33.8 Å². The molecule has 1 saturated heterocycles. The fourth-order valence-electron chi connectivity index (χ4n) is 7.27. The molecule has 16 heteroatoms.